The summed E-state index contributed by atoms with van der Waals surface area (Å²) in [5.41, 5.74) is 1.11. The lowest BCUT2D eigenvalue weighted by Gasteiger charge is -2.33. The van der Waals surface area contributed by atoms with Crippen LogP contribution in [-0.2, 0) is 4.79 Å². The first kappa shape index (κ1) is 17.9. The second-order valence-corrected chi connectivity index (χ2v) is 9.09. The Hall–Kier alpha value is -1.46. The summed E-state index contributed by atoms with van der Waals surface area (Å²) in [4.78, 5) is 19.7. The van der Waals surface area contributed by atoms with Crippen LogP contribution in [0.2, 0.25) is 0 Å². The molecule has 0 spiro atoms. The Morgan fingerprint density at radius 1 is 1.23 bits per heavy atom. The number of hydrogen-bond acceptors (Lipinski definition) is 4. The van der Waals surface area contributed by atoms with Crippen molar-refractivity contribution in [3.8, 4) is 0 Å². The summed E-state index contributed by atoms with van der Waals surface area (Å²) < 4.78 is 1.27. The summed E-state index contributed by atoms with van der Waals surface area (Å²) >= 11 is 1.82. The van der Waals surface area contributed by atoms with Crippen LogP contribution in [0.15, 0.2) is 24.3 Å². The second-order valence-electron chi connectivity index (χ2n) is 8.03. The molecule has 1 aromatic heterocycles. The van der Waals surface area contributed by atoms with E-state index in [1.807, 2.05) is 11.3 Å². The van der Waals surface area contributed by atoms with Crippen molar-refractivity contribution in [2.45, 2.75) is 57.4 Å². The molecule has 1 N–H and O–H groups in total. The standard InChI is InChI=1S/C21H29N3OS/c1-15-7-2-3-9-17(15)22-20(25)14-24-12-6-8-16(13-24)21-23-18-10-4-5-11-19(18)26-21/h4-5,10-11,15-17H,2-3,6-9,12-14H2,1H3,(H,22,25)/t15-,16+,17-/m1/s1. The number of fused-ring (bicyclic) bond motifs is 1. The molecular formula is C21H29N3OS. The Kier molecular flexibility index (Phi) is 5.55. The third-order valence-corrected chi connectivity index (χ3v) is 7.19. The van der Waals surface area contributed by atoms with Gasteiger partial charge in [0.1, 0.15) is 0 Å². The van der Waals surface area contributed by atoms with Crippen molar-refractivity contribution in [3.05, 3.63) is 29.3 Å². The van der Waals surface area contributed by atoms with Gasteiger partial charge < -0.3 is 5.32 Å². The van der Waals surface area contributed by atoms with E-state index in [2.05, 4.69) is 41.4 Å². The molecule has 2 heterocycles. The zero-order chi connectivity index (χ0) is 17.9. The topological polar surface area (TPSA) is 45.2 Å². The van der Waals surface area contributed by atoms with Gasteiger partial charge in [-0.2, -0.15) is 0 Å². The number of carbonyl (C=O) groups is 1. The Balaban J connectivity index is 1.35. The summed E-state index contributed by atoms with van der Waals surface area (Å²) in [5, 5.41) is 4.53. The minimum atomic E-state index is 0.202. The smallest absolute Gasteiger partial charge is 0.234 e. The van der Waals surface area contributed by atoms with Gasteiger partial charge in [-0.25, -0.2) is 4.98 Å². The summed E-state index contributed by atoms with van der Waals surface area (Å²) in [6.45, 7) is 4.78. The van der Waals surface area contributed by atoms with Crippen molar-refractivity contribution in [1.29, 1.82) is 0 Å². The maximum atomic E-state index is 12.5. The SMILES string of the molecule is C[C@@H]1CCCC[C@H]1NC(=O)CN1CCC[C@H](c2nc3ccccc3s2)C1. The Morgan fingerprint density at radius 2 is 2.08 bits per heavy atom. The fourth-order valence-corrected chi connectivity index (χ4v) is 5.54. The largest absolute Gasteiger partial charge is 0.352 e. The Morgan fingerprint density at radius 3 is 2.92 bits per heavy atom. The van der Waals surface area contributed by atoms with Gasteiger partial charge in [0.25, 0.3) is 0 Å². The molecule has 1 amide bonds. The minimum Gasteiger partial charge on any atom is -0.352 e. The van der Waals surface area contributed by atoms with Gasteiger partial charge in [-0.1, -0.05) is 31.9 Å². The first-order valence-electron chi connectivity index (χ1n) is 10.1. The third kappa shape index (κ3) is 4.09. The normalized spacial score (nSPS) is 27.5. The van der Waals surface area contributed by atoms with E-state index in [0.717, 1.165) is 31.4 Å². The van der Waals surface area contributed by atoms with E-state index in [1.165, 1.54) is 35.4 Å². The molecule has 1 aliphatic carbocycles. The number of piperidine rings is 1. The van der Waals surface area contributed by atoms with E-state index in [0.29, 0.717) is 24.4 Å². The molecule has 26 heavy (non-hydrogen) atoms. The molecule has 0 radical (unpaired) electrons. The van der Waals surface area contributed by atoms with Crippen LogP contribution in [0.4, 0.5) is 0 Å². The second kappa shape index (κ2) is 8.05. The van der Waals surface area contributed by atoms with Gasteiger partial charge in [-0.15, -0.1) is 11.3 Å². The zero-order valence-corrected chi connectivity index (χ0v) is 16.4. The molecule has 4 nitrogen and oxygen atoms in total. The summed E-state index contributed by atoms with van der Waals surface area (Å²) in [7, 11) is 0. The van der Waals surface area contributed by atoms with Crippen LogP contribution in [0, 0.1) is 5.92 Å². The molecule has 0 unspecified atom stereocenters. The molecule has 3 atom stereocenters. The number of carbonyl (C=O) groups excluding carboxylic acids is 1. The molecule has 140 valence electrons. The van der Waals surface area contributed by atoms with Crippen LogP contribution >= 0.6 is 11.3 Å². The average Bonchev–Trinajstić information content (AvgIpc) is 3.08. The van der Waals surface area contributed by atoms with Crippen molar-refractivity contribution in [3.63, 3.8) is 0 Å². The number of rotatable bonds is 4. The number of aromatic nitrogens is 1. The highest BCUT2D eigenvalue weighted by molar-refractivity contribution is 7.18. The van der Waals surface area contributed by atoms with Crippen LogP contribution in [0.3, 0.4) is 0 Å². The number of likely N-dealkylation sites (tertiary alicyclic amines) is 1. The van der Waals surface area contributed by atoms with E-state index >= 15 is 0 Å². The summed E-state index contributed by atoms with van der Waals surface area (Å²) in [6, 6.07) is 8.75. The van der Waals surface area contributed by atoms with E-state index in [9.17, 15) is 4.79 Å². The highest BCUT2D eigenvalue weighted by atomic mass is 32.1. The molecule has 1 aliphatic heterocycles. The quantitative estimate of drug-likeness (QED) is 0.877. The van der Waals surface area contributed by atoms with Crippen LogP contribution in [0.1, 0.15) is 56.4 Å². The molecule has 1 aromatic carbocycles. The number of para-hydroxylation sites is 1. The lowest BCUT2D eigenvalue weighted by Crippen LogP contribution is -2.47. The molecule has 2 aromatic rings. The first-order chi connectivity index (χ1) is 12.7. The highest BCUT2D eigenvalue weighted by Crippen LogP contribution is 2.32. The number of nitrogens with one attached hydrogen (secondary N) is 1. The van der Waals surface area contributed by atoms with Gasteiger partial charge in [0, 0.05) is 18.5 Å². The number of hydrogen-bond donors (Lipinski definition) is 1. The van der Waals surface area contributed by atoms with Crippen molar-refractivity contribution >= 4 is 27.5 Å². The molecule has 1 saturated heterocycles. The molecule has 1 saturated carbocycles. The lowest BCUT2D eigenvalue weighted by atomic mass is 9.86. The van der Waals surface area contributed by atoms with Gasteiger partial charge in [0.05, 0.1) is 21.8 Å². The Bertz CT molecular complexity index is 726. The molecule has 2 aliphatic rings. The van der Waals surface area contributed by atoms with Crippen LogP contribution in [0.5, 0.6) is 0 Å². The van der Waals surface area contributed by atoms with Crippen molar-refractivity contribution in [2.24, 2.45) is 5.92 Å². The molecule has 4 rings (SSSR count). The summed E-state index contributed by atoms with van der Waals surface area (Å²) in [5.74, 6) is 1.28. The molecule has 0 bridgehead atoms. The zero-order valence-electron chi connectivity index (χ0n) is 15.6. The van der Waals surface area contributed by atoms with Gasteiger partial charge in [0.15, 0.2) is 0 Å². The lowest BCUT2D eigenvalue weighted by molar-refractivity contribution is -0.123. The van der Waals surface area contributed by atoms with Crippen molar-refractivity contribution in [2.75, 3.05) is 19.6 Å². The van der Waals surface area contributed by atoms with E-state index in [1.54, 1.807) is 0 Å². The summed E-state index contributed by atoms with van der Waals surface area (Å²) in [6.07, 6.45) is 7.27. The van der Waals surface area contributed by atoms with E-state index in [4.69, 9.17) is 4.98 Å². The predicted octanol–water partition coefficient (Wildman–Crippen LogP) is 4.17. The van der Waals surface area contributed by atoms with Crippen molar-refractivity contribution < 1.29 is 4.79 Å². The number of thiazole rings is 1. The molecular weight excluding hydrogens is 342 g/mol. The number of benzene rings is 1. The van der Waals surface area contributed by atoms with Gasteiger partial charge in [-0.3, -0.25) is 9.69 Å². The fraction of sp³-hybridized carbons (Fsp3) is 0.619. The third-order valence-electron chi connectivity index (χ3n) is 5.99. The van der Waals surface area contributed by atoms with Crippen LogP contribution < -0.4 is 5.32 Å². The van der Waals surface area contributed by atoms with Crippen LogP contribution in [-0.4, -0.2) is 41.5 Å². The number of nitrogens with zero attached hydrogens (tertiary/aromatic N) is 2. The van der Waals surface area contributed by atoms with Crippen LogP contribution in [0.25, 0.3) is 10.2 Å². The van der Waals surface area contributed by atoms with Crippen molar-refractivity contribution in [1.82, 2.24) is 15.2 Å². The highest BCUT2D eigenvalue weighted by Gasteiger charge is 2.27. The number of amides is 1. The Labute approximate surface area is 160 Å². The molecule has 5 heteroatoms. The first-order valence-corrected chi connectivity index (χ1v) is 10.9. The molecule has 2 fully saturated rings. The maximum absolute atomic E-state index is 12.5. The van der Waals surface area contributed by atoms with E-state index in [-0.39, 0.29) is 5.91 Å². The maximum Gasteiger partial charge on any atom is 0.234 e. The predicted molar refractivity (Wildman–Crippen MR) is 108 cm³/mol. The fourth-order valence-electron chi connectivity index (χ4n) is 4.45. The van der Waals surface area contributed by atoms with Gasteiger partial charge in [0.2, 0.25) is 5.91 Å². The monoisotopic (exact) mass is 371 g/mol. The van der Waals surface area contributed by atoms with E-state index < -0.39 is 0 Å². The van der Waals surface area contributed by atoms with Gasteiger partial charge in [-0.05, 0) is 50.3 Å². The van der Waals surface area contributed by atoms with Gasteiger partial charge >= 0.3 is 0 Å². The average molecular weight is 372 g/mol. The minimum absolute atomic E-state index is 0.202.